The minimum absolute atomic E-state index is 0.181. The largest absolute Gasteiger partial charge is 0.480 e. The minimum Gasteiger partial charge on any atom is -0.480 e. The Morgan fingerprint density at radius 1 is 1.14 bits per heavy atom. The van der Waals surface area contributed by atoms with Crippen LogP contribution in [0.1, 0.15) is 38.2 Å². The molecule has 1 aromatic rings. The van der Waals surface area contributed by atoms with E-state index in [9.17, 15) is 4.79 Å². The van der Waals surface area contributed by atoms with E-state index in [0.29, 0.717) is 12.6 Å². The predicted molar refractivity (Wildman–Crippen MR) is 113 cm³/mol. The summed E-state index contributed by atoms with van der Waals surface area (Å²) < 4.78 is 5.04. The zero-order valence-corrected chi connectivity index (χ0v) is 17.2. The molecule has 3 N–H and O–H groups in total. The first-order chi connectivity index (χ1) is 13.7. The second-order valence-electron chi connectivity index (χ2n) is 6.91. The number of nitrogens with one attached hydrogen (secondary N) is 1. The maximum Gasteiger partial charge on any atom is 0.329 e. The SMILES string of the molecule is C/C=C\c1ccccc1.CO.O=C(O)COCCN1CCC(NC2CC2)CC1. The van der Waals surface area contributed by atoms with Crippen LogP contribution in [0.15, 0.2) is 36.4 Å². The molecule has 1 aliphatic heterocycles. The normalized spacial score (nSPS) is 17.4. The number of piperidine rings is 1. The molecule has 6 heteroatoms. The molecule has 6 nitrogen and oxygen atoms in total. The molecule has 2 fully saturated rings. The van der Waals surface area contributed by atoms with Crippen molar-refractivity contribution in [1.29, 1.82) is 0 Å². The maximum atomic E-state index is 10.3. The molecule has 28 heavy (non-hydrogen) atoms. The van der Waals surface area contributed by atoms with Crippen LogP contribution in [0.25, 0.3) is 6.08 Å². The van der Waals surface area contributed by atoms with Crippen LogP contribution in [0.3, 0.4) is 0 Å². The second-order valence-corrected chi connectivity index (χ2v) is 6.91. The van der Waals surface area contributed by atoms with Gasteiger partial charge in [0, 0.05) is 25.7 Å². The average molecular weight is 393 g/mol. The number of rotatable bonds is 8. The third-order valence-electron chi connectivity index (χ3n) is 4.57. The number of carboxylic acids is 1. The molecule has 2 aliphatic rings. The van der Waals surface area contributed by atoms with Crippen LogP contribution < -0.4 is 5.32 Å². The Morgan fingerprint density at radius 2 is 1.75 bits per heavy atom. The fraction of sp³-hybridized carbons (Fsp3) is 0.591. The molecule has 158 valence electrons. The Hall–Kier alpha value is -1.73. The summed E-state index contributed by atoms with van der Waals surface area (Å²) in [6.45, 7) is 5.41. The van der Waals surface area contributed by atoms with Gasteiger partial charge in [-0.25, -0.2) is 4.79 Å². The number of hydrogen-bond donors (Lipinski definition) is 3. The number of aliphatic hydroxyl groups excluding tert-OH is 1. The number of aliphatic hydroxyl groups is 1. The Morgan fingerprint density at radius 3 is 2.29 bits per heavy atom. The van der Waals surface area contributed by atoms with Crippen molar-refractivity contribution in [2.75, 3.05) is 40.0 Å². The van der Waals surface area contributed by atoms with Gasteiger partial charge in [-0.3, -0.25) is 0 Å². The van der Waals surface area contributed by atoms with E-state index in [4.69, 9.17) is 14.9 Å². The number of allylic oxidation sites excluding steroid dienone is 1. The van der Waals surface area contributed by atoms with Gasteiger partial charge in [-0.2, -0.15) is 0 Å². The summed E-state index contributed by atoms with van der Waals surface area (Å²) in [6.07, 6.45) is 9.23. The van der Waals surface area contributed by atoms with Crippen molar-refractivity contribution in [2.45, 2.75) is 44.7 Å². The van der Waals surface area contributed by atoms with Gasteiger partial charge in [0.2, 0.25) is 0 Å². The first-order valence-electron chi connectivity index (χ1n) is 10.1. The second kappa shape index (κ2) is 15.2. The quantitative estimate of drug-likeness (QED) is 0.590. The molecule has 0 bridgehead atoms. The van der Waals surface area contributed by atoms with Crippen LogP contribution in [-0.4, -0.2) is 73.1 Å². The molecule has 0 spiro atoms. The Kier molecular flexibility index (Phi) is 13.2. The first-order valence-corrected chi connectivity index (χ1v) is 10.1. The van der Waals surface area contributed by atoms with E-state index in [1.807, 2.05) is 31.2 Å². The van der Waals surface area contributed by atoms with E-state index in [1.54, 1.807) is 0 Å². The van der Waals surface area contributed by atoms with Crippen LogP contribution in [0, 0.1) is 0 Å². The molecule has 0 atom stereocenters. The van der Waals surface area contributed by atoms with Crippen molar-refractivity contribution < 1.29 is 19.7 Å². The maximum absolute atomic E-state index is 10.3. The highest BCUT2D eigenvalue weighted by atomic mass is 16.5. The highest BCUT2D eigenvalue weighted by Gasteiger charge is 2.26. The van der Waals surface area contributed by atoms with Gasteiger partial charge in [-0.05, 0) is 51.3 Å². The van der Waals surface area contributed by atoms with Crippen LogP contribution >= 0.6 is 0 Å². The topological polar surface area (TPSA) is 82.0 Å². The van der Waals surface area contributed by atoms with E-state index in [2.05, 4.69) is 28.4 Å². The van der Waals surface area contributed by atoms with E-state index >= 15 is 0 Å². The highest BCUT2D eigenvalue weighted by molar-refractivity contribution is 5.67. The Labute approximate surface area is 169 Å². The molecule has 1 saturated carbocycles. The number of nitrogens with zero attached hydrogens (tertiary/aromatic N) is 1. The van der Waals surface area contributed by atoms with Gasteiger partial charge in [-0.15, -0.1) is 0 Å². The fourth-order valence-electron chi connectivity index (χ4n) is 3.02. The molecule has 1 aromatic carbocycles. The van der Waals surface area contributed by atoms with E-state index < -0.39 is 5.97 Å². The lowest BCUT2D eigenvalue weighted by Crippen LogP contribution is -2.44. The molecule has 1 heterocycles. The predicted octanol–water partition coefficient (Wildman–Crippen LogP) is 2.63. The molecule has 0 aromatic heterocycles. The lowest BCUT2D eigenvalue weighted by molar-refractivity contribution is -0.142. The average Bonchev–Trinajstić information content (AvgIpc) is 3.54. The Balaban J connectivity index is 0.000000301. The molecule has 1 aliphatic carbocycles. The summed E-state index contributed by atoms with van der Waals surface area (Å²) in [5, 5.41) is 19.1. The standard InChI is InChI=1S/C12H22N2O3.C9H10.CH4O/c15-12(16)9-17-8-7-14-5-3-11(4-6-14)13-10-1-2-10;1-2-6-9-7-4-3-5-8-9;1-2/h10-11,13H,1-9H2,(H,15,16);2-8H,1H3;2H,1H3/b;6-2-;. The summed E-state index contributed by atoms with van der Waals surface area (Å²) in [5.74, 6) is -0.891. The summed E-state index contributed by atoms with van der Waals surface area (Å²) >= 11 is 0. The summed E-state index contributed by atoms with van der Waals surface area (Å²) in [4.78, 5) is 12.6. The van der Waals surface area contributed by atoms with Gasteiger partial charge < -0.3 is 25.2 Å². The molecule has 3 rings (SSSR count). The van der Waals surface area contributed by atoms with Gasteiger partial charge in [0.25, 0.3) is 0 Å². The number of hydrogen-bond acceptors (Lipinski definition) is 5. The number of carboxylic acid groups (broad SMARTS) is 1. The van der Waals surface area contributed by atoms with Gasteiger partial charge in [0.1, 0.15) is 6.61 Å². The zero-order chi connectivity index (χ0) is 20.6. The van der Waals surface area contributed by atoms with Crippen LogP contribution in [0.5, 0.6) is 0 Å². The number of benzene rings is 1. The lowest BCUT2D eigenvalue weighted by atomic mass is 10.1. The molecule has 0 unspecified atom stereocenters. The van der Waals surface area contributed by atoms with Crippen LogP contribution in [0.2, 0.25) is 0 Å². The van der Waals surface area contributed by atoms with Crippen molar-refractivity contribution in [2.24, 2.45) is 0 Å². The van der Waals surface area contributed by atoms with Crippen molar-refractivity contribution in [3.63, 3.8) is 0 Å². The summed E-state index contributed by atoms with van der Waals surface area (Å²) in [7, 11) is 1.00. The van der Waals surface area contributed by atoms with Crippen molar-refractivity contribution in [1.82, 2.24) is 10.2 Å². The van der Waals surface area contributed by atoms with Gasteiger partial charge >= 0.3 is 5.97 Å². The first kappa shape index (κ1) is 24.3. The van der Waals surface area contributed by atoms with Crippen LogP contribution in [0.4, 0.5) is 0 Å². The number of carbonyl (C=O) groups is 1. The molecular formula is C22H36N2O4. The zero-order valence-electron chi connectivity index (χ0n) is 17.2. The third-order valence-corrected chi connectivity index (χ3v) is 4.57. The monoisotopic (exact) mass is 392 g/mol. The highest BCUT2D eigenvalue weighted by Crippen LogP contribution is 2.22. The van der Waals surface area contributed by atoms with Gasteiger partial charge in [0.05, 0.1) is 6.61 Å². The van der Waals surface area contributed by atoms with Crippen LogP contribution in [-0.2, 0) is 9.53 Å². The minimum atomic E-state index is -0.891. The summed E-state index contributed by atoms with van der Waals surface area (Å²) in [5.41, 5.74) is 1.26. The Bertz CT molecular complexity index is 539. The molecule has 1 saturated heterocycles. The summed E-state index contributed by atoms with van der Waals surface area (Å²) in [6, 6.07) is 11.8. The fourth-order valence-corrected chi connectivity index (χ4v) is 3.02. The van der Waals surface area contributed by atoms with E-state index in [-0.39, 0.29) is 6.61 Å². The van der Waals surface area contributed by atoms with Gasteiger partial charge in [-0.1, -0.05) is 42.5 Å². The van der Waals surface area contributed by atoms with E-state index in [1.165, 1.54) is 31.2 Å². The molecule has 0 amide bonds. The number of aliphatic carboxylic acids is 1. The lowest BCUT2D eigenvalue weighted by Gasteiger charge is -2.32. The van der Waals surface area contributed by atoms with Crippen molar-refractivity contribution >= 4 is 12.0 Å². The third kappa shape index (κ3) is 11.9. The number of ether oxygens (including phenoxy) is 1. The van der Waals surface area contributed by atoms with E-state index in [0.717, 1.165) is 32.8 Å². The number of likely N-dealkylation sites (tertiary alicyclic amines) is 1. The smallest absolute Gasteiger partial charge is 0.329 e. The van der Waals surface area contributed by atoms with Gasteiger partial charge in [0.15, 0.2) is 0 Å². The molecular weight excluding hydrogens is 356 g/mol. The van der Waals surface area contributed by atoms with Crippen molar-refractivity contribution in [3.05, 3.63) is 42.0 Å². The van der Waals surface area contributed by atoms with Crippen molar-refractivity contribution in [3.8, 4) is 0 Å². The molecule has 0 radical (unpaired) electrons.